The number of hydrogen-bond acceptors (Lipinski definition) is 1. The predicted octanol–water partition coefficient (Wildman–Crippen LogP) is 3.38. The molecule has 0 saturated carbocycles. The number of benzene rings is 1. The van der Waals surface area contributed by atoms with Crippen LogP contribution in [0.1, 0.15) is 18.4 Å². The van der Waals surface area contributed by atoms with Crippen molar-refractivity contribution in [1.82, 2.24) is 10.6 Å². The van der Waals surface area contributed by atoms with Crippen LogP contribution >= 0.6 is 23.2 Å². The number of guanidine groups is 1. The quantitative estimate of drug-likeness (QED) is 0.510. The number of rotatable bonds is 3. The molecule has 0 aromatic heterocycles. The van der Waals surface area contributed by atoms with Crippen molar-refractivity contribution in [2.24, 2.45) is 4.99 Å². The second-order valence-corrected chi connectivity index (χ2v) is 5.29. The molecular weight excluding hydrogens is 281 g/mol. The zero-order valence-corrected chi connectivity index (χ0v) is 12.3. The van der Waals surface area contributed by atoms with Gasteiger partial charge in [0.15, 0.2) is 5.96 Å². The molecule has 0 spiro atoms. The highest BCUT2D eigenvalue weighted by atomic mass is 35.5. The molecule has 0 atom stereocenters. The maximum absolute atomic E-state index is 6.13. The molecule has 1 aliphatic carbocycles. The molecule has 0 heterocycles. The fourth-order valence-electron chi connectivity index (χ4n) is 1.97. The molecule has 0 saturated heterocycles. The van der Waals surface area contributed by atoms with E-state index in [1.807, 2.05) is 12.1 Å². The van der Waals surface area contributed by atoms with Crippen molar-refractivity contribution in [3.05, 3.63) is 46.0 Å². The average Bonchev–Trinajstić information content (AvgIpc) is 2.89. The summed E-state index contributed by atoms with van der Waals surface area (Å²) in [5.41, 5.74) is 0.999. The van der Waals surface area contributed by atoms with Crippen LogP contribution in [0.5, 0.6) is 0 Å². The first-order valence-corrected chi connectivity index (χ1v) is 7.00. The Morgan fingerprint density at radius 1 is 1.32 bits per heavy atom. The predicted molar refractivity (Wildman–Crippen MR) is 82.0 cm³/mol. The molecule has 19 heavy (non-hydrogen) atoms. The van der Waals surface area contributed by atoms with Gasteiger partial charge in [-0.2, -0.15) is 0 Å². The summed E-state index contributed by atoms with van der Waals surface area (Å²) in [5, 5.41) is 7.94. The molecule has 0 unspecified atom stereocenters. The summed E-state index contributed by atoms with van der Waals surface area (Å²) in [6, 6.07) is 5.94. The molecule has 2 rings (SSSR count). The van der Waals surface area contributed by atoms with Crippen LogP contribution in [0.2, 0.25) is 10.0 Å². The van der Waals surface area contributed by atoms with Gasteiger partial charge in [0.2, 0.25) is 0 Å². The third-order valence-electron chi connectivity index (χ3n) is 3.03. The second kappa shape index (κ2) is 6.83. The molecule has 5 heteroatoms. The fraction of sp³-hybridized carbons (Fsp3) is 0.357. The van der Waals surface area contributed by atoms with Crippen LogP contribution in [0.4, 0.5) is 0 Å². The topological polar surface area (TPSA) is 36.4 Å². The van der Waals surface area contributed by atoms with Gasteiger partial charge >= 0.3 is 0 Å². The number of aliphatic imine (C=N–C) groups is 1. The van der Waals surface area contributed by atoms with Gasteiger partial charge in [0, 0.05) is 29.7 Å². The van der Waals surface area contributed by atoms with E-state index in [9.17, 15) is 0 Å². The van der Waals surface area contributed by atoms with E-state index in [1.54, 1.807) is 13.1 Å². The third-order valence-corrected chi connectivity index (χ3v) is 3.62. The van der Waals surface area contributed by atoms with Gasteiger partial charge in [0.25, 0.3) is 0 Å². The second-order valence-electron chi connectivity index (χ2n) is 4.45. The summed E-state index contributed by atoms with van der Waals surface area (Å²) in [6.45, 7) is 0.621. The monoisotopic (exact) mass is 297 g/mol. The van der Waals surface area contributed by atoms with Crippen molar-refractivity contribution in [3.8, 4) is 0 Å². The van der Waals surface area contributed by atoms with Crippen molar-refractivity contribution in [2.45, 2.75) is 25.4 Å². The molecule has 0 radical (unpaired) electrons. The van der Waals surface area contributed by atoms with Gasteiger partial charge in [-0.1, -0.05) is 41.4 Å². The van der Waals surface area contributed by atoms with Crippen LogP contribution in [0, 0.1) is 0 Å². The number of nitrogens with one attached hydrogen (secondary N) is 2. The normalized spacial score (nSPS) is 15.8. The maximum atomic E-state index is 6.13. The first-order valence-electron chi connectivity index (χ1n) is 6.25. The highest BCUT2D eigenvalue weighted by molar-refractivity contribution is 6.35. The number of hydrogen-bond donors (Lipinski definition) is 2. The summed E-state index contributed by atoms with van der Waals surface area (Å²) >= 11 is 12.0. The minimum absolute atomic E-state index is 0.437. The smallest absolute Gasteiger partial charge is 0.191 e. The lowest BCUT2D eigenvalue weighted by Gasteiger charge is -2.17. The summed E-state index contributed by atoms with van der Waals surface area (Å²) in [5.74, 6) is 0.791. The number of halogens is 2. The molecule has 1 aromatic rings. The Labute approximate surface area is 123 Å². The molecule has 0 bridgehead atoms. The van der Waals surface area contributed by atoms with E-state index in [0.717, 1.165) is 24.4 Å². The molecular formula is C14H17Cl2N3. The summed E-state index contributed by atoms with van der Waals surface area (Å²) in [6.07, 6.45) is 6.45. The Kier molecular flexibility index (Phi) is 5.11. The fourth-order valence-corrected chi connectivity index (χ4v) is 2.44. The standard InChI is InChI=1S/C14H17Cl2N3/c1-17-14(19-12-4-2-3-5-12)18-9-10-6-7-11(15)8-13(10)16/h2-3,6-8,12H,4-5,9H2,1H3,(H2,17,18,19). The lowest BCUT2D eigenvalue weighted by molar-refractivity contribution is 0.633. The van der Waals surface area contributed by atoms with Gasteiger partial charge in [-0.3, -0.25) is 4.99 Å². The first-order chi connectivity index (χ1) is 9.19. The van der Waals surface area contributed by atoms with Gasteiger partial charge in [-0.15, -0.1) is 0 Å². The lowest BCUT2D eigenvalue weighted by Crippen LogP contribution is -2.42. The van der Waals surface area contributed by atoms with Gasteiger partial charge in [-0.05, 0) is 30.5 Å². The van der Waals surface area contributed by atoms with Crippen molar-refractivity contribution >= 4 is 29.2 Å². The molecule has 2 N–H and O–H groups in total. The molecule has 102 valence electrons. The van der Waals surface area contributed by atoms with Crippen LogP contribution < -0.4 is 10.6 Å². The van der Waals surface area contributed by atoms with E-state index in [0.29, 0.717) is 22.6 Å². The zero-order valence-electron chi connectivity index (χ0n) is 10.8. The Morgan fingerprint density at radius 2 is 2.05 bits per heavy atom. The SMILES string of the molecule is CN=C(NCc1ccc(Cl)cc1Cl)NC1CC=CC1. The minimum Gasteiger partial charge on any atom is -0.353 e. The Hall–Kier alpha value is -1.19. The van der Waals surface area contributed by atoms with E-state index >= 15 is 0 Å². The van der Waals surface area contributed by atoms with Crippen molar-refractivity contribution in [3.63, 3.8) is 0 Å². The summed E-state index contributed by atoms with van der Waals surface area (Å²) < 4.78 is 0. The van der Waals surface area contributed by atoms with E-state index in [2.05, 4.69) is 27.8 Å². The minimum atomic E-state index is 0.437. The summed E-state index contributed by atoms with van der Waals surface area (Å²) in [7, 11) is 1.77. The Morgan fingerprint density at radius 3 is 2.68 bits per heavy atom. The Bertz CT molecular complexity index is 489. The van der Waals surface area contributed by atoms with E-state index in [4.69, 9.17) is 23.2 Å². The first kappa shape index (κ1) is 14.2. The summed E-state index contributed by atoms with van der Waals surface area (Å²) in [4.78, 5) is 4.21. The van der Waals surface area contributed by atoms with E-state index in [1.165, 1.54) is 0 Å². The lowest BCUT2D eigenvalue weighted by atomic mass is 10.2. The molecule has 1 aliphatic rings. The zero-order chi connectivity index (χ0) is 13.7. The van der Waals surface area contributed by atoms with Gasteiger partial charge < -0.3 is 10.6 Å². The Balaban J connectivity index is 1.89. The van der Waals surface area contributed by atoms with Gasteiger partial charge in [0.05, 0.1) is 0 Å². The highest BCUT2D eigenvalue weighted by Gasteiger charge is 2.11. The molecule has 0 amide bonds. The molecule has 0 fully saturated rings. The van der Waals surface area contributed by atoms with Crippen LogP contribution in [0.25, 0.3) is 0 Å². The van der Waals surface area contributed by atoms with Crippen LogP contribution in [0.15, 0.2) is 35.3 Å². The van der Waals surface area contributed by atoms with Crippen LogP contribution in [-0.2, 0) is 6.54 Å². The number of nitrogens with zero attached hydrogens (tertiary/aromatic N) is 1. The average molecular weight is 298 g/mol. The highest BCUT2D eigenvalue weighted by Crippen LogP contribution is 2.20. The van der Waals surface area contributed by atoms with Gasteiger partial charge in [-0.25, -0.2) is 0 Å². The van der Waals surface area contributed by atoms with E-state index in [-0.39, 0.29) is 0 Å². The molecule has 3 nitrogen and oxygen atoms in total. The van der Waals surface area contributed by atoms with Crippen LogP contribution in [0.3, 0.4) is 0 Å². The third kappa shape index (κ3) is 4.15. The van der Waals surface area contributed by atoms with E-state index < -0.39 is 0 Å². The van der Waals surface area contributed by atoms with Crippen LogP contribution in [-0.4, -0.2) is 19.0 Å². The van der Waals surface area contributed by atoms with Crippen molar-refractivity contribution in [2.75, 3.05) is 7.05 Å². The van der Waals surface area contributed by atoms with Crippen molar-refractivity contribution in [1.29, 1.82) is 0 Å². The largest absolute Gasteiger partial charge is 0.353 e. The van der Waals surface area contributed by atoms with Crippen molar-refractivity contribution < 1.29 is 0 Å². The van der Waals surface area contributed by atoms with Gasteiger partial charge in [0.1, 0.15) is 0 Å². The maximum Gasteiger partial charge on any atom is 0.191 e. The molecule has 1 aromatic carbocycles. The molecule has 0 aliphatic heterocycles.